The Balaban J connectivity index is 1.75. The molecule has 0 aliphatic heterocycles. The molecule has 4 nitrogen and oxygen atoms in total. The van der Waals surface area contributed by atoms with Crippen LogP contribution in [0.1, 0.15) is 18.4 Å². The van der Waals surface area contributed by atoms with Crippen molar-refractivity contribution in [2.24, 2.45) is 0 Å². The van der Waals surface area contributed by atoms with Crippen molar-refractivity contribution in [3.8, 4) is 0 Å². The second kappa shape index (κ2) is 7.11. The lowest BCUT2D eigenvalue weighted by atomic mass is 10.1. The number of carbonyl (C=O) groups excluding carboxylic acids is 1. The minimum atomic E-state index is -4.33. The molecule has 118 valence electrons. The number of hydrogen-bond acceptors (Lipinski definition) is 2. The van der Waals surface area contributed by atoms with Crippen LogP contribution in [0, 0.1) is 0 Å². The van der Waals surface area contributed by atoms with E-state index in [0.29, 0.717) is 12.8 Å². The van der Waals surface area contributed by atoms with Gasteiger partial charge in [0, 0.05) is 12.6 Å². The zero-order chi connectivity index (χ0) is 16.0. The molecule has 0 atom stereocenters. The van der Waals surface area contributed by atoms with Crippen LogP contribution in [0.3, 0.4) is 0 Å². The molecule has 2 aromatic rings. The normalized spacial score (nSPS) is 11.4. The number of rotatable bonds is 6. The number of aryl methyl sites for hydroxylation is 1. The van der Waals surface area contributed by atoms with E-state index in [0.717, 1.165) is 16.7 Å². The SMILES string of the molecule is O=C(CCCc1ccccc1)Nc1cnn(CC(F)(F)F)c1. The summed E-state index contributed by atoms with van der Waals surface area (Å²) in [7, 11) is 0. The average molecular weight is 311 g/mol. The van der Waals surface area contributed by atoms with Gasteiger partial charge in [0.25, 0.3) is 0 Å². The quantitative estimate of drug-likeness (QED) is 0.888. The maximum Gasteiger partial charge on any atom is 0.408 e. The van der Waals surface area contributed by atoms with Crippen molar-refractivity contribution in [2.75, 3.05) is 5.32 Å². The molecule has 0 aliphatic carbocycles. The highest BCUT2D eigenvalue weighted by molar-refractivity contribution is 5.90. The maximum absolute atomic E-state index is 12.2. The number of anilines is 1. The molecule has 0 fully saturated rings. The number of carbonyl (C=O) groups is 1. The van der Waals surface area contributed by atoms with Crippen LogP contribution in [-0.4, -0.2) is 21.9 Å². The predicted molar refractivity (Wildman–Crippen MR) is 76.3 cm³/mol. The Hall–Kier alpha value is -2.31. The standard InChI is InChI=1S/C15H16F3N3O/c16-15(17,18)11-21-10-13(9-19-21)20-14(22)8-4-7-12-5-2-1-3-6-12/h1-3,5-6,9-10H,4,7-8,11H2,(H,20,22). The van der Waals surface area contributed by atoms with Crippen LogP contribution in [0.5, 0.6) is 0 Å². The van der Waals surface area contributed by atoms with E-state index < -0.39 is 12.7 Å². The average Bonchev–Trinajstić information content (AvgIpc) is 2.84. The van der Waals surface area contributed by atoms with Crippen LogP contribution in [0.15, 0.2) is 42.7 Å². The minimum Gasteiger partial charge on any atom is -0.323 e. The molecule has 2 rings (SSSR count). The first-order valence-electron chi connectivity index (χ1n) is 6.85. The van der Waals surface area contributed by atoms with Crippen LogP contribution in [-0.2, 0) is 17.8 Å². The molecule has 0 radical (unpaired) electrons. The van der Waals surface area contributed by atoms with Crippen LogP contribution < -0.4 is 5.32 Å². The summed E-state index contributed by atoms with van der Waals surface area (Å²) < 4.78 is 37.3. The molecule has 1 heterocycles. The highest BCUT2D eigenvalue weighted by atomic mass is 19.4. The fourth-order valence-electron chi connectivity index (χ4n) is 2.02. The van der Waals surface area contributed by atoms with Gasteiger partial charge in [0.2, 0.25) is 5.91 Å². The topological polar surface area (TPSA) is 46.9 Å². The second-order valence-electron chi connectivity index (χ2n) is 4.93. The van der Waals surface area contributed by atoms with Gasteiger partial charge >= 0.3 is 6.18 Å². The number of hydrogen-bond donors (Lipinski definition) is 1. The predicted octanol–water partition coefficient (Wildman–Crippen LogP) is 3.41. The summed E-state index contributed by atoms with van der Waals surface area (Å²) in [5.74, 6) is -0.234. The third kappa shape index (κ3) is 5.59. The van der Waals surface area contributed by atoms with Crippen LogP contribution in [0.2, 0.25) is 0 Å². The second-order valence-corrected chi connectivity index (χ2v) is 4.93. The van der Waals surface area contributed by atoms with Gasteiger partial charge in [-0.25, -0.2) is 0 Å². The van der Waals surface area contributed by atoms with E-state index in [4.69, 9.17) is 0 Å². The van der Waals surface area contributed by atoms with Crippen molar-refractivity contribution >= 4 is 11.6 Å². The third-order valence-corrected chi connectivity index (χ3v) is 2.97. The van der Waals surface area contributed by atoms with Crippen molar-refractivity contribution in [1.82, 2.24) is 9.78 Å². The third-order valence-electron chi connectivity index (χ3n) is 2.97. The summed E-state index contributed by atoms with van der Waals surface area (Å²) in [6, 6.07) is 9.77. The number of nitrogens with zero attached hydrogens (tertiary/aromatic N) is 2. The summed E-state index contributed by atoms with van der Waals surface area (Å²) >= 11 is 0. The Bertz CT molecular complexity index is 608. The van der Waals surface area contributed by atoms with Crippen molar-refractivity contribution in [2.45, 2.75) is 32.0 Å². The Morgan fingerprint density at radius 2 is 1.95 bits per heavy atom. The van der Waals surface area contributed by atoms with Gasteiger partial charge in [0.15, 0.2) is 0 Å². The molecule has 1 N–H and O–H groups in total. The number of alkyl halides is 3. The van der Waals surface area contributed by atoms with Crippen molar-refractivity contribution in [3.05, 3.63) is 48.3 Å². The molecule has 0 unspecified atom stereocenters. The molecule has 7 heteroatoms. The summed E-state index contributed by atoms with van der Waals surface area (Å²) in [6.45, 7) is -1.17. The molecular weight excluding hydrogens is 295 g/mol. The largest absolute Gasteiger partial charge is 0.408 e. The van der Waals surface area contributed by atoms with Gasteiger partial charge in [0.05, 0.1) is 11.9 Å². The molecule has 0 aliphatic rings. The lowest BCUT2D eigenvalue weighted by Crippen LogP contribution is -2.18. The number of aromatic nitrogens is 2. The lowest BCUT2D eigenvalue weighted by molar-refractivity contribution is -0.142. The van der Waals surface area contributed by atoms with Crippen LogP contribution in [0.25, 0.3) is 0 Å². The molecular formula is C15H16F3N3O. The summed E-state index contributed by atoms with van der Waals surface area (Å²) in [5.41, 5.74) is 1.42. The molecule has 0 saturated heterocycles. The van der Waals surface area contributed by atoms with Gasteiger partial charge in [-0.3, -0.25) is 9.48 Å². The number of benzene rings is 1. The Morgan fingerprint density at radius 1 is 1.23 bits per heavy atom. The summed E-state index contributed by atoms with van der Waals surface area (Å²) in [6.07, 6.45) is -0.195. The van der Waals surface area contributed by atoms with Gasteiger partial charge < -0.3 is 5.32 Å². The van der Waals surface area contributed by atoms with Gasteiger partial charge in [-0.2, -0.15) is 18.3 Å². The molecule has 1 amide bonds. The Morgan fingerprint density at radius 3 is 2.64 bits per heavy atom. The molecule has 0 spiro atoms. The molecule has 1 aromatic heterocycles. The van der Waals surface area contributed by atoms with E-state index in [1.165, 1.54) is 12.4 Å². The molecule has 0 saturated carbocycles. The minimum absolute atomic E-state index is 0.234. The van der Waals surface area contributed by atoms with E-state index >= 15 is 0 Å². The van der Waals surface area contributed by atoms with E-state index in [2.05, 4.69) is 10.4 Å². The van der Waals surface area contributed by atoms with Gasteiger partial charge in [-0.15, -0.1) is 0 Å². The smallest absolute Gasteiger partial charge is 0.323 e. The summed E-state index contributed by atoms with van der Waals surface area (Å²) in [5, 5.41) is 6.11. The van der Waals surface area contributed by atoms with Crippen molar-refractivity contribution in [1.29, 1.82) is 0 Å². The van der Waals surface area contributed by atoms with E-state index in [-0.39, 0.29) is 11.6 Å². The number of halogens is 3. The van der Waals surface area contributed by atoms with E-state index in [1.54, 1.807) is 0 Å². The fraction of sp³-hybridized carbons (Fsp3) is 0.333. The Kier molecular flexibility index (Phi) is 5.19. The van der Waals surface area contributed by atoms with Gasteiger partial charge in [0.1, 0.15) is 6.54 Å². The molecule has 22 heavy (non-hydrogen) atoms. The zero-order valence-electron chi connectivity index (χ0n) is 11.8. The van der Waals surface area contributed by atoms with Crippen LogP contribution in [0.4, 0.5) is 18.9 Å². The van der Waals surface area contributed by atoms with E-state index in [9.17, 15) is 18.0 Å². The molecule has 0 bridgehead atoms. The first-order valence-corrected chi connectivity index (χ1v) is 6.85. The highest BCUT2D eigenvalue weighted by Gasteiger charge is 2.28. The fourth-order valence-corrected chi connectivity index (χ4v) is 2.02. The first kappa shape index (κ1) is 16.1. The highest BCUT2D eigenvalue weighted by Crippen LogP contribution is 2.18. The number of amides is 1. The van der Waals surface area contributed by atoms with Gasteiger partial charge in [-0.1, -0.05) is 30.3 Å². The molecule has 1 aromatic carbocycles. The van der Waals surface area contributed by atoms with Crippen molar-refractivity contribution < 1.29 is 18.0 Å². The summed E-state index contributed by atoms with van der Waals surface area (Å²) in [4.78, 5) is 11.7. The van der Waals surface area contributed by atoms with Crippen LogP contribution >= 0.6 is 0 Å². The van der Waals surface area contributed by atoms with E-state index in [1.807, 2.05) is 30.3 Å². The monoisotopic (exact) mass is 311 g/mol. The number of nitrogens with one attached hydrogen (secondary N) is 1. The Labute approximate surface area is 125 Å². The van der Waals surface area contributed by atoms with Crippen molar-refractivity contribution in [3.63, 3.8) is 0 Å². The maximum atomic E-state index is 12.2. The van der Waals surface area contributed by atoms with Gasteiger partial charge in [-0.05, 0) is 18.4 Å². The lowest BCUT2D eigenvalue weighted by Gasteiger charge is -2.05. The zero-order valence-corrected chi connectivity index (χ0v) is 11.8. The first-order chi connectivity index (χ1) is 10.4.